The van der Waals surface area contributed by atoms with Crippen molar-refractivity contribution in [3.05, 3.63) is 22.4 Å². The van der Waals surface area contributed by atoms with Crippen molar-refractivity contribution in [2.75, 3.05) is 0 Å². The molecule has 0 aromatic carbocycles. The minimum atomic E-state index is -0.942. The Morgan fingerprint density at radius 1 is 1.12 bits per heavy atom. The topological polar surface area (TPSA) is 116 Å². The van der Waals surface area contributed by atoms with E-state index in [1.807, 2.05) is 0 Å². The Bertz CT molecular complexity index is 625. The lowest BCUT2D eigenvalue weighted by Gasteiger charge is -2.21. The first-order valence-electron chi connectivity index (χ1n) is 7.63. The Hall–Kier alpha value is -2.42. The maximum atomic E-state index is 12.2. The highest BCUT2D eigenvalue weighted by atomic mass is 32.1. The van der Waals surface area contributed by atoms with Crippen molar-refractivity contribution in [1.29, 1.82) is 0 Å². The van der Waals surface area contributed by atoms with Crippen molar-refractivity contribution in [3.8, 4) is 0 Å². The number of hydrazine groups is 1. The Morgan fingerprint density at radius 3 is 2.38 bits per heavy atom. The number of thiophene rings is 1. The predicted octanol–water partition coefficient (Wildman–Crippen LogP) is -0.0715. The van der Waals surface area contributed by atoms with Gasteiger partial charge in [0.05, 0.1) is 4.88 Å². The number of amides is 4. The summed E-state index contributed by atoms with van der Waals surface area (Å²) in [6.45, 7) is 3.53. The van der Waals surface area contributed by atoms with Crippen LogP contribution in [0.25, 0.3) is 0 Å². The molecule has 1 heterocycles. The Labute approximate surface area is 143 Å². The monoisotopic (exact) mass is 352 g/mol. The summed E-state index contributed by atoms with van der Waals surface area (Å²) < 4.78 is 0. The minimum Gasteiger partial charge on any atom is -0.345 e. The van der Waals surface area contributed by atoms with E-state index in [1.54, 1.807) is 31.4 Å². The van der Waals surface area contributed by atoms with Gasteiger partial charge >= 0.3 is 11.8 Å². The molecule has 0 aliphatic heterocycles. The summed E-state index contributed by atoms with van der Waals surface area (Å²) in [5, 5.41) is 6.89. The van der Waals surface area contributed by atoms with Gasteiger partial charge in [0.1, 0.15) is 6.04 Å². The highest BCUT2D eigenvalue weighted by molar-refractivity contribution is 7.12. The van der Waals surface area contributed by atoms with Crippen LogP contribution in [0.2, 0.25) is 0 Å². The van der Waals surface area contributed by atoms with Crippen molar-refractivity contribution in [2.24, 2.45) is 5.92 Å². The zero-order chi connectivity index (χ0) is 17.7. The second kappa shape index (κ2) is 7.91. The lowest BCUT2D eigenvalue weighted by molar-refractivity contribution is -0.141. The van der Waals surface area contributed by atoms with Crippen molar-refractivity contribution in [2.45, 2.75) is 38.8 Å². The normalized spacial score (nSPS) is 14.6. The molecular weight excluding hydrogens is 332 g/mol. The third-order valence-electron chi connectivity index (χ3n) is 3.40. The first kappa shape index (κ1) is 17.9. The molecule has 8 nitrogen and oxygen atoms in total. The fourth-order valence-corrected chi connectivity index (χ4v) is 2.51. The van der Waals surface area contributed by atoms with E-state index in [-0.39, 0.29) is 17.9 Å². The quantitative estimate of drug-likeness (QED) is 0.438. The Kier molecular flexibility index (Phi) is 5.91. The molecule has 0 radical (unpaired) electrons. The molecule has 1 aromatic heterocycles. The fraction of sp³-hybridized carbons (Fsp3) is 0.467. The molecule has 4 amide bonds. The zero-order valence-corrected chi connectivity index (χ0v) is 14.2. The number of nitrogens with one attached hydrogen (secondary N) is 4. The molecule has 1 atom stereocenters. The summed E-state index contributed by atoms with van der Waals surface area (Å²) in [7, 11) is 0. The molecule has 2 rings (SSSR count). The van der Waals surface area contributed by atoms with E-state index in [2.05, 4.69) is 21.5 Å². The number of carbonyl (C=O) groups excluding carboxylic acids is 4. The van der Waals surface area contributed by atoms with E-state index < -0.39 is 23.8 Å². The van der Waals surface area contributed by atoms with Crippen molar-refractivity contribution in [3.63, 3.8) is 0 Å². The van der Waals surface area contributed by atoms with Gasteiger partial charge in [0.2, 0.25) is 0 Å². The smallest absolute Gasteiger partial charge is 0.327 e. The molecule has 0 bridgehead atoms. The van der Waals surface area contributed by atoms with Gasteiger partial charge in [-0.3, -0.25) is 30.0 Å². The lowest BCUT2D eigenvalue weighted by atomic mass is 10.0. The molecule has 24 heavy (non-hydrogen) atoms. The van der Waals surface area contributed by atoms with Gasteiger partial charge in [0.15, 0.2) is 0 Å². The molecule has 1 aliphatic rings. The highest BCUT2D eigenvalue weighted by Gasteiger charge is 2.28. The summed E-state index contributed by atoms with van der Waals surface area (Å²) >= 11 is 1.26. The van der Waals surface area contributed by atoms with Crippen LogP contribution in [-0.2, 0) is 14.4 Å². The Morgan fingerprint density at radius 2 is 1.83 bits per heavy atom. The van der Waals surface area contributed by atoms with Gasteiger partial charge in [-0.15, -0.1) is 11.3 Å². The van der Waals surface area contributed by atoms with E-state index in [1.165, 1.54) is 11.3 Å². The van der Waals surface area contributed by atoms with Crippen molar-refractivity contribution in [1.82, 2.24) is 21.5 Å². The maximum absolute atomic E-state index is 12.2. The van der Waals surface area contributed by atoms with Crippen LogP contribution in [0.5, 0.6) is 0 Å². The molecule has 130 valence electrons. The van der Waals surface area contributed by atoms with E-state index in [0.29, 0.717) is 4.88 Å². The zero-order valence-electron chi connectivity index (χ0n) is 13.4. The maximum Gasteiger partial charge on any atom is 0.327 e. The third-order valence-corrected chi connectivity index (χ3v) is 4.27. The minimum absolute atomic E-state index is 0.0486. The van der Waals surface area contributed by atoms with Gasteiger partial charge in [-0.2, -0.15) is 0 Å². The largest absolute Gasteiger partial charge is 0.345 e. The lowest BCUT2D eigenvalue weighted by Crippen LogP contribution is -2.56. The summed E-state index contributed by atoms with van der Waals surface area (Å²) in [6, 6.07) is 2.60. The molecule has 1 aromatic rings. The molecule has 4 N–H and O–H groups in total. The standard InChI is InChI=1S/C15H20N4O4S/c1-8(2)11(17-12(20)10-4-3-7-24-10)13(21)18-19-15(23)14(22)16-9-5-6-9/h3-4,7-9,11H,5-6H2,1-2H3,(H,16,22)(H,17,20)(H,18,21)(H,19,23)/t11-/m0/s1. The van der Waals surface area contributed by atoms with E-state index in [4.69, 9.17) is 0 Å². The van der Waals surface area contributed by atoms with E-state index in [0.717, 1.165) is 12.8 Å². The SMILES string of the molecule is CC(C)[C@H](NC(=O)c1cccs1)C(=O)NNC(=O)C(=O)NC1CC1. The van der Waals surface area contributed by atoms with Crippen molar-refractivity contribution >= 4 is 35.0 Å². The number of hydrogen-bond donors (Lipinski definition) is 4. The summed E-state index contributed by atoms with van der Waals surface area (Å²) in [4.78, 5) is 47.8. The summed E-state index contributed by atoms with van der Waals surface area (Å²) in [5.41, 5.74) is 4.24. The molecule has 1 fully saturated rings. The molecule has 9 heteroatoms. The number of hydrogen-bond acceptors (Lipinski definition) is 5. The highest BCUT2D eigenvalue weighted by Crippen LogP contribution is 2.18. The number of carbonyl (C=O) groups is 4. The third kappa shape index (κ3) is 5.05. The van der Waals surface area contributed by atoms with E-state index in [9.17, 15) is 19.2 Å². The van der Waals surface area contributed by atoms with Gasteiger partial charge in [-0.25, -0.2) is 0 Å². The van der Waals surface area contributed by atoms with Gasteiger partial charge in [0.25, 0.3) is 11.8 Å². The van der Waals surface area contributed by atoms with Crippen molar-refractivity contribution < 1.29 is 19.2 Å². The van der Waals surface area contributed by atoms with Crippen LogP contribution in [-0.4, -0.2) is 35.7 Å². The molecule has 0 spiro atoms. The molecular formula is C15H20N4O4S. The molecule has 0 unspecified atom stereocenters. The first-order valence-corrected chi connectivity index (χ1v) is 8.51. The van der Waals surface area contributed by atoms with Gasteiger partial charge in [-0.05, 0) is 30.2 Å². The van der Waals surface area contributed by atoms with E-state index >= 15 is 0 Å². The van der Waals surface area contributed by atoms with Crippen LogP contribution in [0.1, 0.15) is 36.4 Å². The average Bonchev–Trinajstić information content (AvgIpc) is 3.17. The molecule has 1 saturated carbocycles. The predicted molar refractivity (Wildman–Crippen MR) is 87.9 cm³/mol. The van der Waals surface area contributed by atoms with Crippen LogP contribution in [0.15, 0.2) is 17.5 Å². The second-order valence-electron chi connectivity index (χ2n) is 5.86. The van der Waals surface area contributed by atoms with Gasteiger partial charge in [-0.1, -0.05) is 19.9 Å². The van der Waals surface area contributed by atoms with Crippen LogP contribution in [0, 0.1) is 5.92 Å². The first-order chi connectivity index (χ1) is 11.4. The summed E-state index contributed by atoms with van der Waals surface area (Å²) in [6.07, 6.45) is 1.71. The fourth-order valence-electron chi connectivity index (χ4n) is 1.89. The van der Waals surface area contributed by atoms with Gasteiger partial charge in [0, 0.05) is 6.04 Å². The molecule has 0 saturated heterocycles. The van der Waals surface area contributed by atoms with Crippen LogP contribution in [0.4, 0.5) is 0 Å². The van der Waals surface area contributed by atoms with Crippen LogP contribution in [0.3, 0.4) is 0 Å². The molecule has 1 aliphatic carbocycles. The Balaban J connectivity index is 1.85. The average molecular weight is 352 g/mol. The van der Waals surface area contributed by atoms with Crippen LogP contribution < -0.4 is 21.5 Å². The number of rotatable bonds is 5. The van der Waals surface area contributed by atoms with Gasteiger partial charge < -0.3 is 10.6 Å². The second-order valence-corrected chi connectivity index (χ2v) is 6.81. The summed E-state index contributed by atoms with van der Waals surface area (Å²) in [5.74, 6) is -2.89. The van der Waals surface area contributed by atoms with Crippen LogP contribution >= 0.6 is 11.3 Å².